The standard InChI is InChI=1S/C18H21N3O3/c1-12-5-3-4-6-16(12)21-11-15(9-19-21)17(22)20-10-14(18(23)24)8-7-13(20)2/h3-6,9,11,13-14H,7-8,10H2,1-2H3,(H,23,24). The van der Waals surface area contributed by atoms with Gasteiger partial charge in [0.05, 0.1) is 23.4 Å². The second-order valence-electron chi connectivity index (χ2n) is 6.38. The monoisotopic (exact) mass is 327 g/mol. The fourth-order valence-electron chi connectivity index (χ4n) is 3.14. The van der Waals surface area contributed by atoms with Gasteiger partial charge in [-0.1, -0.05) is 18.2 Å². The molecular weight excluding hydrogens is 306 g/mol. The van der Waals surface area contributed by atoms with E-state index in [1.807, 2.05) is 38.1 Å². The molecule has 2 heterocycles. The number of likely N-dealkylation sites (tertiary alicyclic amines) is 1. The zero-order valence-electron chi connectivity index (χ0n) is 13.8. The summed E-state index contributed by atoms with van der Waals surface area (Å²) < 4.78 is 1.69. The summed E-state index contributed by atoms with van der Waals surface area (Å²) in [6.45, 7) is 4.20. The number of rotatable bonds is 3. The molecule has 0 saturated carbocycles. The van der Waals surface area contributed by atoms with E-state index in [-0.39, 0.29) is 18.5 Å². The number of nitrogens with zero attached hydrogens (tertiary/aromatic N) is 3. The minimum Gasteiger partial charge on any atom is -0.481 e. The molecule has 6 nitrogen and oxygen atoms in total. The van der Waals surface area contributed by atoms with Gasteiger partial charge >= 0.3 is 5.97 Å². The lowest BCUT2D eigenvalue weighted by Crippen LogP contribution is -2.47. The van der Waals surface area contributed by atoms with Crippen LogP contribution in [0.5, 0.6) is 0 Å². The number of benzene rings is 1. The summed E-state index contributed by atoms with van der Waals surface area (Å²) in [5.74, 6) is -1.49. The van der Waals surface area contributed by atoms with Crippen molar-refractivity contribution in [3.63, 3.8) is 0 Å². The van der Waals surface area contributed by atoms with Gasteiger partial charge in [0.15, 0.2) is 0 Å². The summed E-state index contributed by atoms with van der Waals surface area (Å²) in [4.78, 5) is 25.7. The normalized spacial score (nSPS) is 20.8. The highest BCUT2D eigenvalue weighted by atomic mass is 16.4. The van der Waals surface area contributed by atoms with E-state index in [9.17, 15) is 14.7 Å². The topological polar surface area (TPSA) is 75.4 Å². The third-order valence-corrected chi connectivity index (χ3v) is 4.68. The molecule has 1 fully saturated rings. The SMILES string of the molecule is Cc1ccccc1-n1cc(C(=O)N2CC(C(=O)O)CCC2C)cn1. The number of piperidine rings is 1. The molecule has 0 spiro atoms. The number of carbonyl (C=O) groups is 2. The van der Waals surface area contributed by atoms with Crippen LogP contribution in [0.3, 0.4) is 0 Å². The molecule has 1 amide bonds. The average molecular weight is 327 g/mol. The zero-order valence-corrected chi connectivity index (χ0v) is 13.8. The van der Waals surface area contributed by atoms with Crippen LogP contribution in [-0.2, 0) is 4.79 Å². The number of carboxylic acid groups (broad SMARTS) is 1. The Morgan fingerprint density at radius 1 is 1.25 bits per heavy atom. The van der Waals surface area contributed by atoms with Gasteiger partial charge in [-0.2, -0.15) is 5.10 Å². The fourth-order valence-corrected chi connectivity index (χ4v) is 3.14. The smallest absolute Gasteiger partial charge is 0.308 e. The summed E-state index contributed by atoms with van der Waals surface area (Å²) in [5.41, 5.74) is 2.47. The molecular formula is C18H21N3O3. The number of carbonyl (C=O) groups excluding carboxylic acids is 1. The third-order valence-electron chi connectivity index (χ3n) is 4.68. The Morgan fingerprint density at radius 2 is 2.00 bits per heavy atom. The summed E-state index contributed by atoms with van der Waals surface area (Å²) in [7, 11) is 0. The van der Waals surface area contributed by atoms with Crippen molar-refractivity contribution in [3.8, 4) is 5.69 Å². The van der Waals surface area contributed by atoms with Crippen molar-refractivity contribution in [1.29, 1.82) is 0 Å². The lowest BCUT2D eigenvalue weighted by Gasteiger charge is -2.36. The lowest BCUT2D eigenvalue weighted by atomic mass is 9.93. The van der Waals surface area contributed by atoms with E-state index < -0.39 is 11.9 Å². The second-order valence-corrected chi connectivity index (χ2v) is 6.38. The van der Waals surface area contributed by atoms with Gasteiger partial charge in [-0.05, 0) is 38.3 Å². The van der Waals surface area contributed by atoms with Crippen LogP contribution < -0.4 is 0 Å². The minimum absolute atomic E-state index is 0.0370. The van der Waals surface area contributed by atoms with E-state index in [1.54, 1.807) is 22.0 Å². The molecule has 0 aliphatic carbocycles. The maximum absolute atomic E-state index is 12.8. The number of hydrogen-bond donors (Lipinski definition) is 1. The average Bonchev–Trinajstić information content (AvgIpc) is 3.04. The van der Waals surface area contributed by atoms with Crippen LogP contribution in [0.1, 0.15) is 35.7 Å². The van der Waals surface area contributed by atoms with Crippen molar-refractivity contribution >= 4 is 11.9 Å². The van der Waals surface area contributed by atoms with Crippen molar-refractivity contribution < 1.29 is 14.7 Å². The predicted molar refractivity (Wildman–Crippen MR) is 89.2 cm³/mol. The molecule has 1 aromatic carbocycles. The Bertz CT molecular complexity index is 768. The van der Waals surface area contributed by atoms with Gasteiger partial charge in [0.2, 0.25) is 0 Å². The first-order valence-corrected chi connectivity index (χ1v) is 8.12. The lowest BCUT2D eigenvalue weighted by molar-refractivity contribution is -0.143. The maximum Gasteiger partial charge on any atom is 0.308 e. The van der Waals surface area contributed by atoms with E-state index in [0.29, 0.717) is 18.4 Å². The van der Waals surface area contributed by atoms with Crippen LogP contribution in [0.4, 0.5) is 0 Å². The number of aromatic nitrogens is 2. The highest BCUT2D eigenvalue weighted by Crippen LogP contribution is 2.24. The van der Waals surface area contributed by atoms with E-state index in [4.69, 9.17) is 0 Å². The maximum atomic E-state index is 12.8. The molecule has 6 heteroatoms. The minimum atomic E-state index is -0.838. The molecule has 2 aromatic rings. The number of aliphatic carboxylic acids is 1. The van der Waals surface area contributed by atoms with E-state index in [2.05, 4.69) is 5.10 Å². The van der Waals surface area contributed by atoms with E-state index >= 15 is 0 Å². The number of hydrogen-bond acceptors (Lipinski definition) is 3. The molecule has 0 bridgehead atoms. The van der Waals surface area contributed by atoms with Crippen molar-refractivity contribution in [2.45, 2.75) is 32.7 Å². The Morgan fingerprint density at radius 3 is 2.71 bits per heavy atom. The van der Waals surface area contributed by atoms with Gasteiger partial charge < -0.3 is 10.0 Å². The highest BCUT2D eigenvalue weighted by molar-refractivity contribution is 5.94. The van der Waals surface area contributed by atoms with E-state index in [1.165, 1.54) is 0 Å². The summed E-state index contributed by atoms with van der Waals surface area (Å²) in [6, 6.07) is 7.85. The van der Waals surface area contributed by atoms with Crippen molar-refractivity contribution in [1.82, 2.24) is 14.7 Å². The third kappa shape index (κ3) is 3.04. The van der Waals surface area contributed by atoms with Gasteiger partial charge in [0, 0.05) is 18.8 Å². The summed E-state index contributed by atoms with van der Waals surface area (Å²) in [6.07, 6.45) is 4.57. The zero-order chi connectivity index (χ0) is 17.3. The first-order valence-electron chi connectivity index (χ1n) is 8.12. The summed E-state index contributed by atoms with van der Waals surface area (Å²) in [5, 5.41) is 13.5. The molecule has 1 N–H and O–H groups in total. The van der Waals surface area contributed by atoms with Gasteiger partial charge in [0.1, 0.15) is 0 Å². The molecule has 1 aliphatic heterocycles. The van der Waals surface area contributed by atoms with Crippen LogP contribution in [0.2, 0.25) is 0 Å². The van der Waals surface area contributed by atoms with Gasteiger partial charge in [-0.15, -0.1) is 0 Å². The van der Waals surface area contributed by atoms with Gasteiger partial charge in [-0.3, -0.25) is 9.59 Å². The molecule has 126 valence electrons. The van der Waals surface area contributed by atoms with Crippen LogP contribution in [-0.4, -0.2) is 44.3 Å². The first kappa shape index (κ1) is 16.2. The predicted octanol–water partition coefficient (Wildman–Crippen LogP) is 2.51. The Hall–Kier alpha value is -2.63. The Balaban J connectivity index is 1.83. The summed E-state index contributed by atoms with van der Waals surface area (Å²) >= 11 is 0. The van der Waals surface area contributed by atoms with E-state index in [0.717, 1.165) is 11.3 Å². The largest absolute Gasteiger partial charge is 0.481 e. The van der Waals surface area contributed by atoms with Crippen LogP contribution >= 0.6 is 0 Å². The molecule has 24 heavy (non-hydrogen) atoms. The molecule has 2 unspecified atom stereocenters. The number of amides is 1. The highest BCUT2D eigenvalue weighted by Gasteiger charge is 2.33. The van der Waals surface area contributed by atoms with Gasteiger partial charge in [-0.25, -0.2) is 4.68 Å². The number of aryl methyl sites for hydroxylation is 1. The Labute approximate surface area is 140 Å². The molecule has 2 atom stereocenters. The van der Waals surface area contributed by atoms with Crippen LogP contribution in [0.25, 0.3) is 5.69 Å². The number of carboxylic acids is 1. The molecule has 1 saturated heterocycles. The van der Waals surface area contributed by atoms with Crippen molar-refractivity contribution in [3.05, 3.63) is 47.8 Å². The van der Waals surface area contributed by atoms with Crippen LogP contribution in [0, 0.1) is 12.8 Å². The molecule has 0 radical (unpaired) electrons. The first-order chi connectivity index (χ1) is 11.5. The fraction of sp³-hybridized carbons (Fsp3) is 0.389. The van der Waals surface area contributed by atoms with Gasteiger partial charge in [0.25, 0.3) is 5.91 Å². The Kier molecular flexibility index (Phi) is 4.38. The quantitative estimate of drug-likeness (QED) is 0.940. The van der Waals surface area contributed by atoms with Crippen LogP contribution in [0.15, 0.2) is 36.7 Å². The van der Waals surface area contributed by atoms with Crippen molar-refractivity contribution in [2.75, 3.05) is 6.54 Å². The molecule has 1 aromatic heterocycles. The molecule has 3 rings (SSSR count). The number of para-hydroxylation sites is 1. The van der Waals surface area contributed by atoms with Crippen molar-refractivity contribution in [2.24, 2.45) is 5.92 Å². The second kappa shape index (κ2) is 6.47. The molecule has 1 aliphatic rings.